The van der Waals surface area contributed by atoms with Crippen LogP contribution < -0.4 is 5.32 Å². The van der Waals surface area contributed by atoms with Gasteiger partial charge in [0.05, 0.1) is 23.1 Å². The van der Waals surface area contributed by atoms with E-state index in [0.29, 0.717) is 35.2 Å². The number of nitrogens with zero attached hydrogens (tertiary/aromatic N) is 5. The number of anilines is 1. The zero-order chi connectivity index (χ0) is 19.5. The highest BCUT2D eigenvalue weighted by Gasteiger charge is 2.16. The number of nitrogens with one attached hydrogen (secondary N) is 1. The molecule has 0 bridgehead atoms. The van der Waals surface area contributed by atoms with Crippen molar-refractivity contribution in [3.05, 3.63) is 71.7 Å². The van der Waals surface area contributed by atoms with Crippen LogP contribution in [0.1, 0.15) is 17.0 Å². The summed E-state index contributed by atoms with van der Waals surface area (Å²) in [6, 6.07) is 8.07. The van der Waals surface area contributed by atoms with E-state index in [1.807, 2.05) is 19.9 Å². The topological polar surface area (TPSA) is 89.6 Å². The van der Waals surface area contributed by atoms with Crippen LogP contribution in [-0.4, -0.2) is 25.1 Å². The molecule has 140 valence electrons. The van der Waals surface area contributed by atoms with Gasteiger partial charge in [0.25, 0.3) is 0 Å². The van der Waals surface area contributed by atoms with Gasteiger partial charge in [0.1, 0.15) is 17.2 Å². The molecule has 7 nitrogen and oxygen atoms in total. The van der Waals surface area contributed by atoms with E-state index >= 15 is 0 Å². The zero-order valence-corrected chi connectivity index (χ0v) is 15.3. The Morgan fingerprint density at radius 3 is 2.46 bits per heavy atom. The van der Waals surface area contributed by atoms with Crippen molar-refractivity contribution in [2.45, 2.75) is 20.4 Å². The van der Waals surface area contributed by atoms with Gasteiger partial charge in [0.2, 0.25) is 5.95 Å². The standard InChI is InChI=1S/C20H17FN6O/c1-12-7-18(28-27-12)16-10-25-20(24-9-14-3-5-15(21)6-4-14)26-19(16)17-11-22-13(2)8-23-17/h3-8,10-11H,9H2,1-2H3,(H,24,25,26). The summed E-state index contributed by atoms with van der Waals surface area (Å²) < 4.78 is 18.4. The van der Waals surface area contributed by atoms with Crippen molar-refractivity contribution in [2.24, 2.45) is 0 Å². The van der Waals surface area contributed by atoms with E-state index in [1.165, 1.54) is 12.1 Å². The molecular formula is C20H17FN6O. The van der Waals surface area contributed by atoms with Crippen LogP contribution in [0.15, 0.2) is 53.4 Å². The van der Waals surface area contributed by atoms with Crippen LogP contribution in [-0.2, 0) is 6.54 Å². The van der Waals surface area contributed by atoms with Crippen LogP contribution >= 0.6 is 0 Å². The van der Waals surface area contributed by atoms with E-state index in [1.54, 1.807) is 30.7 Å². The van der Waals surface area contributed by atoms with Crippen molar-refractivity contribution in [1.29, 1.82) is 0 Å². The van der Waals surface area contributed by atoms with Crippen LogP contribution in [0.2, 0.25) is 0 Å². The Hall–Kier alpha value is -3.68. The van der Waals surface area contributed by atoms with Crippen LogP contribution in [0.25, 0.3) is 22.7 Å². The van der Waals surface area contributed by atoms with Gasteiger partial charge >= 0.3 is 0 Å². The molecule has 0 fully saturated rings. The molecule has 3 aromatic heterocycles. The Balaban J connectivity index is 1.68. The average Bonchev–Trinajstić information content (AvgIpc) is 3.14. The minimum atomic E-state index is -0.271. The predicted molar refractivity (Wildman–Crippen MR) is 102 cm³/mol. The van der Waals surface area contributed by atoms with E-state index in [-0.39, 0.29) is 5.82 Å². The highest BCUT2D eigenvalue weighted by atomic mass is 19.1. The lowest BCUT2D eigenvalue weighted by Crippen LogP contribution is -2.05. The molecule has 0 aliphatic rings. The third kappa shape index (κ3) is 3.85. The quantitative estimate of drug-likeness (QED) is 0.564. The minimum Gasteiger partial charge on any atom is -0.356 e. The molecule has 4 rings (SSSR count). The molecule has 0 radical (unpaired) electrons. The predicted octanol–water partition coefficient (Wildman–Crippen LogP) is 3.96. The lowest BCUT2D eigenvalue weighted by atomic mass is 10.1. The molecule has 1 aromatic carbocycles. The molecule has 0 saturated heterocycles. The largest absolute Gasteiger partial charge is 0.356 e. The Morgan fingerprint density at radius 2 is 1.79 bits per heavy atom. The second-order valence-electron chi connectivity index (χ2n) is 6.31. The molecule has 1 N–H and O–H groups in total. The number of aromatic nitrogens is 5. The lowest BCUT2D eigenvalue weighted by Gasteiger charge is -2.09. The monoisotopic (exact) mass is 376 g/mol. The van der Waals surface area contributed by atoms with Gasteiger partial charge in [-0.2, -0.15) is 0 Å². The van der Waals surface area contributed by atoms with Crippen LogP contribution in [0.4, 0.5) is 10.3 Å². The normalized spacial score (nSPS) is 10.8. The van der Waals surface area contributed by atoms with Crippen molar-refractivity contribution in [2.75, 3.05) is 5.32 Å². The van der Waals surface area contributed by atoms with Gasteiger partial charge in [0.15, 0.2) is 5.76 Å². The molecule has 0 spiro atoms. The number of benzene rings is 1. The number of hydrogen-bond donors (Lipinski definition) is 1. The van der Waals surface area contributed by atoms with Crippen LogP contribution in [0.3, 0.4) is 0 Å². The summed E-state index contributed by atoms with van der Waals surface area (Å²) in [5, 5.41) is 7.08. The summed E-state index contributed by atoms with van der Waals surface area (Å²) in [6.45, 7) is 4.17. The van der Waals surface area contributed by atoms with Gasteiger partial charge in [0, 0.05) is 25.0 Å². The number of halogens is 1. The van der Waals surface area contributed by atoms with Crippen molar-refractivity contribution in [3.63, 3.8) is 0 Å². The van der Waals surface area contributed by atoms with E-state index in [9.17, 15) is 4.39 Å². The van der Waals surface area contributed by atoms with E-state index in [0.717, 1.165) is 17.0 Å². The number of aryl methyl sites for hydroxylation is 2. The van der Waals surface area contributed by atoms with Crippen molar-refractivity contribution >= 4 is 5.95 Å². The first-order valence-electron chi connectivity index (χ1n) is 8.66. The van der Waals surface area contributed by atoms with Crippen LogP contribution in [0, 0.1) is 19.7 Å². The lowest BCUT2D eigenvalue weighted by molar-refractivity contribution is 0.427. The molecule has 0 aliphatic carbocycles. The summed E-state index contributed by atoms with van der Waals surface area (Å²) in [7, 11) is 0. The Labute approximate surface area is 160 Å². The maximum Gasteiger partial charge on any atom is 0.223 e. The Kier molecular flexibility index (Phi) is 4.76. The second-order valence-corrected chi connectivity index (χ2v) is 6.31. The summed E-state index contributed by atoms with van der Waals surface area (Å²) in [5.74, 6) is 0.702. The highest BCUT2D eigenvalue weighted by Crippen LogP contribution is 2.30. The van der Waals surface area contributed by atoms with E-state index in [2.05, 4.69) is 30.4 Å². The summed E-state index contributed by atoms with van der Waals surface area (Å²) in [6.07, 6.45) is 5.00. The highest BCUT2D eigenvalue weighted by molar-refractivity contribution is 5.76. The Morgan fingerprint density at radius 1 is 0.964 bits per heavy atom. The Bertz CT molecular complexity index is 1090. The van der Waals surface area contributed by atoms with Gasteiger partial charge in [-0.05, 0) is 31.5 Å². The number of rotatable bonds is 5. The molecule has 3 heterocycles. The maximum absolute atomic E-state index is 13.1. The molecular weight excluding hydrogens is 359 g/mol. The molecule has 0 atom stereocenters. The van der Waals surface area contributed by atoms with Crippen molar-refractivity contribution in [1.82, 2.24) is 25.1 Å². The fourth-order valence-electron chi connectivity index (χ4n) is 2.63. The van der Waals surface area contributed by atoms with Crippen molar-refractivity contribution < 1.29 is 8.91 Å². The first-order chi connectivity index (χ1) is 13.6. The van der Waals surface area contributed by atoms with Gasteiger partial charge in [-0.25, -0.2) is 14.4 Å². The van der Waals surface area contributed by atoms with Crippen molar-refractivity contribution in [3.8, 4) is 22.7 Å². The molecule has 4 aromatic rings. The van der Waals surface area contributed by atoms with Gasteiger partial charge < -0.3 is 9.84 Å². The second kappa shape index (κ2) is 7.51. The summed E-state index contributed by atoms with van der Waals surface area (Å²) in [4.78, 5) is 17.7. The smallest absolute Gasteiger partial charge is 0.223 e. The maximum atomic E-state index is 13.1. The fourth-order valence-corrected chi connectivity index (χ4v) is 2.63. The van der Waals surface area contributed by atoms with Gasteiger partial charge in [-0.3, -0.25) is 9.97 Å². The molecule has 0 unspecified atom stereocenters. The minimum absolute atomic E-state index is 0.271. The molecule has 8 heteroatoms. The van der Waals surface area contributed by atoms with Gasteiger partial charge in [-0.1, -0.05) is 17.3 Å². The molecule has 28 heavy (non-hydrogen) atoms. The van der Waals surface area contributed by atoms with Crippen LogP contribution in [0.5, 0.6) is 0 Å². The molecule has 0 amide bonds. The molecule has 0 saturated carbocycles. The zero-order valence-electron chi connectivity index (χ0n) is 15.3. The SMILES string of the molecule is Cc1cnc(-c2nc(NCc3ccc(F)cc3)ncc2-c2cc(C)no2)cn1. The summed E-state index contributed by atoms with van der Waals surface area (Å²) in [5.41, 5.74) is 4.34. The fraction of sp³-hybridized carbons (Fsp3) is 0.150. The first-order valence-corrected chi connectivity index (χ1v) is 8.66. The van der Waals surface area contributed by atoms with E-state index < -0.39 is 0 Å². The van der Waals surface area contributed by atoms with Gasteiger partial charge in [-0.15, -0.1) is 0 Å². The first kappa shape index (κ1) is 17.7. The number of hydrogen-bond acceptors (Lipinski definition) is 7. The third-order valence-corrected chi connectivity index (χ3v) is 4.07. The van der Waals surface area contributed by atoms with E-state index in [4.69, 9.17) is 4.52 Å². The third-order valence-electron chi connectivity index (χ3n) is 4.07. The average molecular weight is 376 g/mol. The summed E-state index contributed by atoms with van der Waals surface area (Å²) >= 11 is 0. The molecule has 0 aliphatic heterocycles.